The predicted octanol–water partition coefficient (Wildman–Crippen LogP) is 2.86. The van der Waals surface area contributed by atoms with Gasteiger partial charge in [0.1, 0.15) is 24.9 Å². The minimum absolute atomic E-state index is 0.312. The Hall–Kier alpha value is -3.52. The van der Waals surface area contributed by atoms with E-state index in [-0.39, 0.29) is 12.1 Å². The molecule has 0 amide bonds. The van der Waals surface area contributed by atoms with Gasteiger partial charge >= 0.3 is 35.8 Å². The molecule has 1 aliphatic heterocycles. The number of ether oxygens (including phenoxy) is 8. The van der Waals surface area contributed by atoms with Crippen LogP contribution in [0.5, 0.6) is 0 Å². The van der Waals surface area contributed by atoms with Gasteiger partial charge in [-0.25, -0.2) is 0 Å². The van der Waals surface area contributed by atoms with Crippen molar-refractivity contribution < 1.29 is 66.7 Å². The van der Waals surface area contributed by atoms with E-state index in [9.17, 15) is 28.8 Å². The summed E-state index contributed by atoms with van der Waals surface area (Å²) in [6, 6.07) is 0. The molecule has 0 saturated carbocycles. The average Bonchev–Trinajstić information content (AvgIpc) is 2.86. The smallest absolute Gasteiger partial charge is 0.303 e. The molecule has 1 fully saturated rings. The number of hydrogen-bond acceptors (Lipinski definition) is 14. The van der Waals surface area contributed by atoms with E-state index < -0.39 is 84.8 Å². The van der Waals surface area contributed by atoms with Gasteiger partial charge in [0.25, 0.3) is 0 Å². The van der Waals surface area contributed by atoms with Crippen molar-refractivity contribution in [2.45, 2.75) is 138 Å². The SMILES string of the molecule is CC(=O)OC[C@H]1O[C@@H](OC2CC(C)(C)C(CCC(C)OC(C)=O)=C(C)C2OC(C)=O)[C@H](OC(C)=O)[C@@H](OC(C)=O)[C@@H]1OC(C)=O. The molecule has 0 aromatic rings. The van der Waals surface area contributed by atoms with Crippen molar-refractivity contribution in [2.75, 3.05) is 6.61 Å². The highest BCUT2D eigenvalue weighted by Crippen LogP contribution is 2.46. The molecule has 1 aliphatic carbocycles. The molecule has 0 N–H and O–H groups in total. The van der Waals surface area contributed by atoms with Crippen LogP contribution in [0, 0.1) is 5.41 Å². The predicted molar refractivity (Wildman–Crippen MR) is 154 cm³/mol. The third-order valence-electron chi connectivity index (χ3n) is 7.49. The largest absolute Gasteiger partial charge is 0.463 e. The monoisotopic (exact) mass is 642 g/mol. The molecule has 254 valence electrons. The first kappa shape index (κ1) is 37.7. The molecule has 45 heavy (non-hydrogen) atoms. The molecule has 8 atom stereocenters. The Labute approximate surface area is 263 Å². The van der Waals surface area contributed by atoms with Gasteiger partial charge in [-0.1, -0.05) is 19.4 Å². The summed E-state index contributed by atoms with van der Waals surface area (Å²) in [5.41, 5.74) is 1.22. The van der Waals surface area contributed by atoms with Gasteiger partial charge in [0, 0.05) is 41.5 Å². The van der Waals surface area contributed by atoms with Crippen LogP contribution in [0.4, 0.5) is 0 Å². The fourth-order valence-electron chi connectivity index (χ4n) is 5.88. The standard InChI is InChI=1S/C31H46O14/c1-15(39-18(4)33)11-12-23-16(2)26(40-19(5)34)24(13-31(23,9)10)44-30-29(43-22(8)37)28(42-21(7)36)27(41-20(6)35)25(45-30)14-38-17(3)32/h15,24-30H,11-14H2,1-10H3/t15?,24?,25-,26?,27-,28+,29-,30-/m1/s1. The molecular weight excluding hydrogens is 596 g/mol. The Morgan fingerprint density at radius 2 is 1.31 bits per heavy atom. The Morgan fingerprint density at radius 3 is 1.82 bits per heavy atom. The van der Waals surface area contributed by atoms with E-state index in [2.05, 4.69) is 0 Å². The number of carbonyl (C=O) groups is 6. The third kappa shape index (κ3) is 11.1. The second-order valence-corrected chi connectivity index (χ2v) is 12.0. The summed E-state index contributed by atoms with van der Waals surface area (Å²) in [4.78, 5) is 71.8. The topological polar surface area (TPSA) is 176 Å². The summed E-state index contributed by atoms with van der Waals surface area (Å²) >= 11 is 0. The molecule has 0 spiro atoms. The highest BCUT2D eigenvalue weighted by molar-refractivity contribution is 5.69. The Morgan fingerprint density at radius 1 is 0.778 bits per heavy atom. The molecule has 1 heterocycles. The summed E-state index contributed by atoms with van der Waals surface area (Å²) in [5.74, 6) is -3.90. The maximum absolute atomic E-state index is 12.3. The van der Waals surface area contributed by atoms with E-state index in [4.69, 9.17) is 37.9 Å². The molecule has 2 rings (SSSR count). The summed E-state index contributed by atoms with van der Waals surface area (Å²) in [5, 5.41) is 0. The van der Waals surface area contributed by atoms with Crippen LogP contribution in [0.25, 0.3) is 0 Å². The maximum atomic E-state index is 12.3. The fourth-order valence-corrected chi connectivity index (χ4v) is 5.88. The van der Waals surface area contributed by atoms with E-state index in [0.717, 1.165) is 31.9 Å². The molecule has 0 bridgehead atoms. The van der Waals surface area contributed by atoms with Gasteiger partial charge in [-0.2, -0.15) is 0 Å². The highest BCUT2D eigenvalue weighted by Gasteiger charge is 2.54. The zero-order chi connectivity index (χ0) is 34.2. The van der Waals surface area contributed by atoms with E-state index >= 15 is 0 Å². The van der Waals surface area contributed by atoms with Crippen LogP contribution < -0.4 is 0 Å². The second kappa shape index (κ2) is 16.2. The minimum atomic E-state index is -1.44. The van der Waals surface area contributed by atoms with Crippen molar-refractivity contribution in [1.82, 2.24) is 0 Å². The van der Waals surface area contributed by atoms with Crippen LogP contribution in [0.3, 0.4) is 0 Å². The average molecular weight is 643 g/mol. The van der Waals surface area contributed by atoms with Crippen LogP contribution in [0.15, 0.2) is 11.1 Å². The first-order valence-electron chi connectivity index (χ1n) is 14.8. The number of rotatable bonds is 12. The first-order valence-corrected chi connectivity index (χ1v) is 14.8. The van der Waals surface area contributed by atoms with E-state index in [1.807, 2.05) is 20.8 Å². The van der Waals surface area contributed by atoms with Crippen molar-refractivity contribution in [1.29, 1.82) is 0 Å². The van der Waals surface area contributed by atoms with Crippen molar-refractivity contribution >= 4 is 35.8 Å². The van der Waals surface area contributed by atoms with Gasteiger partial charge in [0.2, 0.25) is 0 Å². The van der Waals surface area contributed by atoms with Gasteiger partial charge in [-0.3, -0.25) is 28.8 Å². The van der Waals surface area contributed by atoms with Crippen molar-refractivity contribution in [3.63, 3.8) is 0 Å². The summed E-state index contributed by atoms with van der Waals surface area (Å²) in [7, 11) is 0. The van der Waals surface area contributed by atoms with E-state index in [0.29, 0.717) is 19.3 Å². The molecular formula is C31H46O14. The summed E-state index contributed by atoms with van der Waals surface area (Å²) in [6.07, 6.45) is -7.49. The quantitative estimate of drug-likeness (QED) is 0.172. The minimum Gasteiger partial charge on any atom is -0.463 e. The van der Waals surface area contributed by atoms with Crippen molar-refractivity contribution in [3.8, 4) is 0 Å². The molecule has 3 unspecified atom stereocenters. The number of hydrogen-bond donors (Lipinski definition) is 0. The van der Waals surface area contributed by atoms with Crippen LogP contribution in [-0.4, -0.2) is 91.4 Å². The number of carbonyl (C=O) groups excluding carboxylic acids is 6. The van der Waals surface area contributed by atoms with Gasteiger partial charge in [-0.05, 0) is 44.1 Å². The zero-order valence-electron chi connectivity index (χ0n) is 27.7. The van der Waals surface area contributed by atoms with Crippen LogP contribution in [-0.2, 0) is 66.7 Å². The Kier molecular flexibility index (Phi) is 13.5. The molecule has 14 nitrogen and oxygen atoms in total. The second-order valence-electron chi connectivity index (χ2n) is 12.0. The lowest BCUT2D eigenvalue weighted by atomic mass is 9.69. The molecule has 0 radical (unpaired) electrons. The Balaban J connectivity index is 2.56. The molecule has 0 aromatic heterocycles. The van der Waals surface area contributed by atoms with E-state index in [1.165, 1.54) is 20.8 Å². The third-order valence-corrected chi connectivity index (χ3v) is 7.49. The normalized spacial score (nSPS) is 28.3. The fraction of sp³-hybridized carbons (Fsp3) is 0.742. The van der Waals surface area contributed by atoms with Gasteiger partial charge < -0.3 is 37.9 Å². The lowest BCUT2D eigenvalue weighted by Crippen LogP contribution is -2.64. The number of esters is 6. The maximum Gasteiger partial charge on any atom is 0.303 e. The molecule has 14 heteroatoms. The van der Waals surface area contributed by atoms with Crippen LogP contribution in [0.1, 0.15) is 88.5 Å². The first-order chi connectivity index (χ1) is 20.8. The Bertz CT molecular complexity index is 1160. The van der Waals surface area contributed by atoms with Gasteiger partial charge in [0.15, 0.2) is 24.6 Å². The molecule has 2 aliphatic rings. The van der Waals surface area contributed by atoms with Gasteiger partial charge in [-0.15, -0.1) is 0 Å². The van der Waals surface area contributed by atoms with Gasteiger partial charge in [0.05, 0.1) is 6.10 Å². The molecule has 1 saturated heterocycles. The zero-order valence-corrected chi connectivity index (χ0v) is 27.7. The van der Waals surface area contributed by atoms with Crippen LogP contribution >= 0.6 is 0 Å². The summed E-state index contributed by atoms with van der Waals surface area (Å²) < 4.78 is 45.2. The lowest BCUT2D eigenvalue weighted by molar-refractivity contribution is -0.323. The number of allylic oxidation sites excluding steroid dienone is 1. The lowest BCUT2D eigenvalue weighted by Gasteiger charge is -2.48. The van der Waals surface area contributed by atoms with Crippen LogP contribution in [0.2, 0.25) is 0 Å². The molecule has 0 aromatic carbocycles. The van der Waals surface area contributed by atoms with Crippen molar-refractivity contribution in [3.05, 3.63) is 11.1 Å². The summed E-state index contributed by atoms with van der Waals surface area (Å²) in [6.45, 7) is 14.4. The highest BCUT2D eigenvalue weighted by atomic mass is 16.7. The van der Waals surface area contributed by atoms with E-state index in [1.54, 1.807) is 6.92 Å². The van der Waals surface area contributed by atoms with Crippen molar-refractivity contribution in [2.24, 2.45) is 5.41 Å².